The topological polar surface area (TPSA) is 90.9 Å². The number of nitrogens with one attached hydrogen (secondary N) is 2. The highest BCUT2D eigenvalue weighted by molar-refractivity contribution is 6.28. The maximum Gasteiger partial charge on any atom is 0.261 e. The predicted octanol–water partition coefficient (Wildman–Crippen LogP) is 3.72. The Hall–Kier alpha value is -2.64. The fourth-order valence-corrected chi connectivity index (χ4v) is 5.25. The van der Waals surface area contributed by atoms with E-state index < -0.39 is 6.29 Å². The van der Waals surface area contributed by atoms with Crippen LogP contribution in [0.1, 0.15) is 66.2 Å². The lowest BCUT2D eigenvalue weighted by molar-refractivity contribution is -0.0995. The Morgan fingerprint density at radius 1 is 1.00 bits per heavy atom. The number of hydrogen-bond acceptors (Lipinski definition) is 6. The molecule has 1 fully saturated rings. The maximum atomic E-state index is 13.3. The van der Waals surface area contributed by atoms with Crippen molar-refractivity contribution in [2.45, 2.75) is 63.8 Å². The van der Waals surface area contributed by atoms with Crippen molar-refractivity contribution in [3.05, 3.63) is 35.4 Å². The van der Waals surface area contributed by atoms with E-state index in [2.05, 4.69) is 10.6 Å². The number of hydrogen-bond donors (Lipinski definition) is 3. The van der Waals surface area contributed by atoms with Gasteiger partial charge in [0.05, 0.1) is 0 Å². The summed E-state index contributed by atoms with van der Waals surface area (Å²) in [5.74, 6) is -0.539. The number of aliphatic hydroxyl groups excluding tert-OH is 1. The lowest BCUT2D eigenvalue weighted by atomic mass is 9.90. The molecule has 7 nitrogen and oxygen atoms in total. The van der Waals surface area contributed by atoms with Gasteiger partial charge in [-0.1, -0.05) is 12.8 Å². The largest absolute Gasteiger partial charge is 0.380 e. The summed E-state index contributed by atoms with van der Waals surface area (Å²) in [7, 11) is 0. The summed E-state index contributed by atoms with van der Waals surface area (Å²) >= 11 is 0. The Morgan fingerprint density at radius 2 is 1.58 bits per heavy atom. The minimum absolute atomic E-state index is 0.257. The molecular formula is C24H29N3O4. The highest BCUT2D eigenvalue weighted by Crippen LogP contribution is 2.42. The quantitative estimate of drug-likeness (QED) is 0.485. The molecule has 3 aliphatic rings. The molecule has 164 valence electrons. The lowest BCUT2D eigenvalue weighted by Crippen LogP contribution is -2.41. The van der Waals surface area contributed by atoms with Crippen LogP contribution < -0.4 is 10.6 Å². The molecule has 0 saturated heterocycles. The van der Waals surface area contributed by atoms with Crippen LogP contribution in [0.2, 0.25) is 0 Å². The molecule has 2 aromatic carbocycles. The molecule has 1 saturated carbocycles. The van der Waals surface area contributed by atoms with Gasteiger partial charge < -0.3 is 20.5 Å². The number of imide groups is 1. The molecule has 7 heteroatoms. The summed E-state index contributed by atoms with van der Waals surface area (Å²) in [5.41, 5.74) is 3.11. The standard InChI is InChI=1S/C24H29N3O4/c1-2-31-20(28)8-5-13-27-23(29)14-9-11-18-22-19(12-10-15(21(14)22)24(27)30)26-17-7-4-3-6-16(17)25-18/h9-12,16-17,20,25-26,28H,2-8,13H2,1H3. The van der Waals surface area contributed by atoms with Gasteiger partial charge in [0.15, 0.2) is 6.29 Å². The Morgan fingerprint density at radius 3 is 2.13 bits per heavy atom. The number of fused-ring (bicyclic) bond motifs is 1. The zero-order chi connectivity index (χ0) is 21.5. The summed E-state index contributed by atoms with van der Waals surface area (Å²) in [4.78, 5) is 27.8. The Bertz CT molecular complexity index is 968. The third-order valence-electron chi connectivity index (χ3n) is 6.75. The minimum atomic E-state index is -0.872. The van der Waals surface area contributed by atoms with Crippen molar-refractivity contribution in [1.82, 2.24) is 4.90 Å². The first kappa shape index (κ1) is 20.3. The van der Waals surface area contributed by atoms with E-state index in [1.807, 2.05) is 31.2 Å². The van der Waals surface area contributed by atoms with Gasteiger partial charge in [0.1, 0.15) is 0 Å². The molecule has 5 rings (SSSR count). The molecule has 3 N–H and O–H groups in total. The van der Waals surface area contributed by atoms with E-state index in [1.165, 1.54) is 17.7 Å². The number of benzene rings is 2. The monoisotopic (exact) mass is 423 g/mol. The molecule has 0 aromatic heterocycles. The average Bonchev–Trinajstić information content (AvgIpc) is 2.93. The van der Waals surface area contributed by atoms with Gasteiger partial charge in [0.2, 0.25) is 0 Å². The second-order valence-corrected chi connectivity index (χ2v) is 8.67. The molecule has 2 amide bonds. The second kappa shape index (κ2) is 8.13. The van der Waals surface area contributed by atoms with E-state index in [0.717, 1.165) is 35.0 Å². The van der Waals surface area contributed by atoms with Gasteiger partial charge >= 0.3 is 0 Å². The predicted molar refractivity (Wildman–Crippen MR) is 119 cm³/mol. The van der Waals surface area contributed by atoms with E-state index in [1.54, 1.807) is 0 Å². The van der Waals surface area contributed by atoms with Gasteiger partial charge in [-0.05, 0) is 56.9 Å². The third kappa shape index (κ3) is 3.46. The van der Waals surface area contributed by atoms with Crippen LogP contribution in [-0.2, 0) is 4.74 Å². The molecule has 3 unspecified atom stereocenters. The van der Waals surface area contributed by atoms with Crippen LogP contribution in [-0.4, -0.2) is 53.3 Å². The number of ether oxygens (including phenoxy) is 1. The fraction of sp³-hybridized carbons (Fsp3) is 0.500. The molecule has 0 radical (unpaired) electrons. The Kier molecular flexibility index (Phi) is 5.32. The van der Waals surface area contributed by atoms with E-state index in [4.69, 9.17) is 4.74 Å². The van der Waals surface area contributed by atoms with Gasteiger partial charge in [0.25, 0.3) is 11.8 Å². The van der Waals surface area contributed by atoms with E-state index in [0.29, 0.717) is 42.7 Å². The van der Waals surface area contributed by atoms with Crippen molar-refractivity contribution < 1.29 is 19.4 Å². The summed E-state index contributed by atoms with van der Waals surface area (Å²) < 4.78 is 5.14. The number of aliphatic hydroxyl groups is 1. The van der Waals surface area contributed by atoms with Crippen molar-refractivity contribution in [2.75, 3.05) is 23.8 Å². The van der Waals surface area contributed by atoms with E-state index >= 15 is 0 Å². The number of amides is 2. The normalized spacial score (nSPS) is 23.1. The van der Waals surface area contributed by atoms with Gasteiger partial charge in [-0.15, -0.1) is 0 Å². The molecule has 3 atom stereocenters. The zero-order valence-corrected chi connectivity index (χ0v) is 17.8. The number of carbonyl (C=O) groups is 2. The van der Waals surface area contributed by atoms with Gasteiger partial charge in [0, 0.05) is 58.5 Å². The first-order chi connectivity index (χ1) is 15.1. The number of carbonyl (C=O) groups excluding carboxylic acids is 2. The van der Waals surface area contributed by atoms with Crippen LogP contribution in [0.5, 0.6) is 0 Å². The number of rotatable bonds is 6. The summed E-state index contributed by atoms with van der Waals surface area (Å²) in [5, 5.41) is 18.8. The summed E-state index contributed by atoms with van der Waals surface area (Å²) in [6.07, 6.45) is 4.64. The first-order valence-corrected chi connectivity index (χ1v) is 11.4. The lowest BCUT2D eigenvalue weighted by Gasteiger charge is -2.32. The average molecular weight is 424 g/mol. The first-order valence-electron chi connectivity index (χ1n) is 11.4. The number of anilines is 2. The van der Waals surface area contributed by atoms with Gasteiger partial charge in [-0.3, -0.25) is 14.5 Å². The SMILES string of the molecule is CCOC(O)CCCN1C(=O)c2ccc3c4c(ccc(c24)C1=O)NC1CCCCC1N3. The zero-order valence-electron chi connectivity index (χ0n) is 17.8. The smallest absolute Gasteiger partial charge is 0.261 e. The van der Waals surface area contributed by atoms with Crippen molar-refractivity contribution >= 4 is 34.0 Å². The van der Waals surface area contributed by atoms with Crippen LogP contribution >= 0.6 is 0 Å². The Balaban J connectivity index is 1.49. The highest BCUT2D eigenvalue weighted by atomic mass is 16.6. The van der Waals surface area contributed by atoms with Gasteiger partial charge in [-0.2, -0.15) is 0 Å². The summed E-state index contributed by atoms with van der Waals surface area (Å²) in [6.45, 7) is 2.50. The van der Waals surface area contributed by atoms with Crippen LogP contribution in [0, 0.1) is 0 Å². The minimum Gasteiger partial charge on any atom is -0.380 e. The van der Waals surface area contributed by atoms with Crippen molar-refractivity contribution in [3.63, 3.8) is 0 Å². The molecular weight excluding hydrogens is 394 g/mol. The fourth-order valence-electron chi connectivity index (χ4n) is 5.25. The van der Waals surface area contributed by atoms with E-state index in [9.17, 15) is 14.7 Å². The van der Waals surface area contributed by atoms with Gasteiger partial charge in [-0.25, -0.2) is 0 Å². The maximum absolute atomic E-state index is 13.3. The van der Waals surface area contributed by atoms with Crippen LogP contribution in [0.3, 0.4) is 0 Å². The van der Waals surface area contributed by atoms with Crippen molar-refractivity contribution in [1.29, 1.82) is 0 Å². The molecule has 2 aliphatic heterocycles. The molecule has 2 aromatic rings. The van der Waals surface area contributed by atoms with Crippen molar-refractivity contribution in [2.24, 2.45) is 0 Å². The number of nitrogens with zero attached hydrogens (tertiary/aromatic N) is 1. The highest BCUT2D eigenvalue weighted by Gasteiger charge is 2.36. The molecule has 2 heterocycles. The van der Waals surface area contributed by atoms with Crippen LogP contribution in [0.4, 0.5) is 11.4 Å². The molecule has 0 spiro atoms. The Labute approximate surface area is 181 Å². The van der Waals surface area contributed by atoms with Crippen LogP contribution in [0.25, 0.3) is 10.8 Å². The molecule has 0 bridgehead atoms. The molecule has 1 aliphatic carbocycles. The van der Waals surface area contributed by atoms with E-state index in [-0.39, 0.29) is 18.4 Å². The second-order valence-electron chi connectivity index (χ2n) is 8.67. The summed E-state index contributed by atoms with van der Waals surface area (Å²) in [6, 6.07) is 8.35. The van der Waals surface area contributed by atoms with Crippen LogP contribution in [0.15, 0.2) is 24.3 Å². The van der Waals surface area contributed by atoms with Crippen molar-refractivity contribution in [3.8, 4) is 0 Å². The third-order valence-corrected chi connectivity index (χ3v) is 6.75. The molecule has 31 heavy (non-hydrogen) atoms.